The highest BCUT2D eigenvalue weighted by Gasteiger charge is 2.66. The molecule has 3 aromatic rings. The maximum Gasteiger partial charge on any atom is 0.305 e. The first-order valence-electron chi connectivity index (χ1n) is 15.8. The number of phenols is 1. The van der Waals surface area contributed by atoms with Crippen molar-refractivity contribution in [1.29, 1.82) is 0 Å². The van der Waals surface area contributed by atoms with E-state index in [4.69, 9.17) is 4.74 Å². The number of carboxylic acid groups (broad SMARTS) is 1. The Balaban J connectivity index is 1.49. The molecular formula is C38H32INO8. The van der Waals surface area contributed by atoms with Gasteiger partial charge in [-0.3, -0.25) is 28.9 Å². The number of rotatable bonds is 7. The summed E-state index contributed by atoms with van der Waals surface area (Å²) in [5, 5.41) is 20.1. The van der Waals surface area contributed by atoms with Crippen LogP contribution >= 0.6 is 22.6 Å². The van der Waals surface area contributed by atoms with Crippen LogP contribution in [-0.2, 0) is 29.4 Å². The number of aliphatic carboxylic acids is 1. The lowest BCUT2D eigenvalue weighted by atomic mass is 9.44. The molecule has 48 heavy (non-hydrogen) atoms. The summed E-state index contributed by atoms with van der Waals surface area (Å²) in [5.74, 6) is -6.04. The van der Waals surface area contributed by atoms with Gasteiger partial charge in [0.05, 0.1) is 34.4 Å². The topological polar surface area (TPSA) is 138 Å². The minimum atomic E-state index is -1.41. The summed E-state index contributed by atoms with van der Waals surface area (Å²) in [5.41, 5.74) is 1.57. The van der Waals surface area contributed by atoms with Crippen molar-refractivity contribution in [2.45, 2.75) is 30.6 Å². The summed E-state index contributed by atoms with van der Waals surface area (Å²) < 4.78 is 6.05. The van der Waals surface area contributed by atoms with Crippen molar-refractivity contribution in [3.05, 3.63) is 111 Å². The van der Waals surface area contributed by atoms with Crippen molar-refractivity contribution in [3.8, 4) is 11.5 Å². The number of methoxy groups -OCH3 is 1. The number of carboxylic acids is 1. The number of halogens is 1. The number of ketones is 2. The van der Waals surface area contributed by atoms with Gasteiger partial charge in [-0.15, -0.1) is 0 Å². The molecule has 3 aliphatic carbocycles. The van der Waals surface area contributed by atoms with Crippen molar-refractivity contribution in [2.24, 2.45) is 23.7 Å². The van der Waals surface area contributed by atoms with Gasteiger partial charge in [0.2, 0.25) is 11.8 Å². The van der Waals surface area contributed by atoms with E-state index in [1.807, 2.05) is 77.2 Å². The van der Waals surface area contributed by atoms with Crippen LogP contribution < -0.4 is 4.74 Å². The van der Waals surface area contributed by atoms with Gasteiger partial charge in [-0.05, 0) is 76.2 Å². The van der Waals surface area contributed by atoms with E-state index >= 15 is 4.79 Å². The number of amides is 2. The average Bonchev–Trinajstić information content (AvgIpc) is 3.34. The van der Waals surface area contributed by atoms with E-state index in [9.17, 15) is 29.4 Å². The van der Waals surface area contributed by atoms with Crippen LogP contribution in [0.5, 0.6) is 11.5 Å². The predicted molar refractivity (Wildman–Crippen MR) is 183 cm³/mol. The normalized spacial score (nSPS) is 27.9. The SMILES string of the molecule is COc1cc(C2C3=CCC4C(=O)N(CCC(=O)O)C(=O)C4C3CC3C(=O)C(c4ccccc4)=CC(=O)C32c2ccccc2)cc(I)c1O. The lowest BCUT2D eigenvalue weighted by Crippen LogP contribution is -2.58. The molecule has 6 unspecified atom stereocenters. The highest BCUT2D eigenvalue weighted by Crippen LogP contribution is 2.64. The number of allylic oxidation sites excluding steroid dienone is 4. The Hall–Kier alpha value is -4.58. The summed E-state index contributed by atoms with van der Waals surface area (Å²) in [4.78, 5) is 70.1. The zero-order valence-electron chi connectivity index (χ0n) is 26.0. The van der Waals surface area contributed by atoms with Crippen LogP contribution in [0.3, 0.4) is 0 Å². The van der Waals surface area contributed by atoms with Crippen LogP contribution in [0.2, 0.25) is 0 Å². The van der Waals surface area contributed by atoms with Crippen molar-refractivity contribution < 1.29 is 38.9 Å². The molecule has 1 aliphatic heterocycles. The monoisotopic (exact) mass is 757 g/mol. The number of benzene rings is 3. The fourth-order valence-electron chi connectivity index (χ4n) is 8.66. The smallest absolute Gasteiger partial charge is 0.305 e. The maximum absolute atomic E-state index is 15.1. The number of Topliss-reactive ketones (excluding diaryl/α,β-unsaturated/α-hetero) is 1. The molecule has 0 radical (unpaired) electrons. The van der Waals surface area contributed by atoms with E-state index < -0.39 is 52.8 Å². The summed E-state index contributed by atoms with van der Waals surface area (Å²) in [6.45, 7) is -0.228. The van der Waals surface area contributed by atoms with E-state index in [2.05, 4.69) is 0 Å². The largest absolute Gasteiger partial charge is 0.504 e. The highest BCUT2D eigenvalue weighted by atomic mass is 127. The number of imide groups is 1. The first kappa shape index (κ1) is 32.0. The number of phenolic OH excluding ortho intramolecular Hbond substituents is 1. The molecule has 1 saturated heterocycles. The maximum atomic E-state index is 15.1. The van der Waals surface area contributed by atoms with E-state index in [1.54, 1.807) is 24.3 Å². The van der Waals surface area contributed by atoms with Crippen LogP contribution in [0.15, 0.2) is 90.5 Å². The third-order valence-corrected chi connectivity index (χ3v) is 11.4. The summed E-state index contributed by atoms with van der Waals surface area (Å²) >= 11 is 2.01. The number of hydrogen-bond donors (Lipinski definition) is 2. The Morgan fingerprint density at radius 3 is 2.33 bits per heavy atom. The van der Waals surface area contributed by atoms with Gasteiger partial charge in [0.15, 0.2) is 23.1 Å². The number of likely N-dealkylation sites (tertiary alicyclic amines) is 1. The highest BCUT2D eigenvalue weighted by molar-refractivity contribution is 14.1. The number of ether oxygens (including phenoxy) is 1. The second kappa shape index (κ2) is 12.1. The summed E-state index contributed by atoms with van der Waals surface area (Å²) in [6.07, 6.45) is 3.42. The fourth-order valence-corrected chi connectivity index (χ4v) is 9.28. The standard InChI is InChI=1S/C38H32INO8/c1-48-29-17-21(16-28(39)35(29)45)33-23-12-13-24-32(37(47)40(36(24)46)15-14-31(42)43)26(23)18-27-34(44)25(20-8-4-2-5-9-20)19-30(41)38(27,33)22-10-6-3-7-11-22/h2-12,16-17,19,24,26-27,32-33,45H,13-15,18H2,1H3,(H,42,43). The number of hydrogen-bond acceptors (Lipinski definition) is 7. The molecule has 2 amide bonds. The quantitative estimate of drug-likeness (QED) is 0.188. The van der Waals surface area contributed by atoms with Crippen LogP contribution in [0.4, 0.5) is 0 Å². The van der Waals surface area contributed by atoms with Gasteiger partial charge in [-0.25, -0.2) is 0 Å². The molecule has 0 bridgehead atoms. The minimum Gasteiger partial charge on any atom is -0.504 e. The van der Waals surface area contributed by atoms with Gasteiger partial charge < -0.3 is 14.9 Å². The van der Waals surface area contributed by atoms with Crippen LogP contribution in [0, 0.1) is 27.2 Å². The Morgan fingerprint density at radius 1 is 0.979 bits per heavy atom. The minimum absolute atomic E-state index is 0.0554. The molecule has 0 spiro atoms. The van der Waals surface area contributed by atoms with E-state index in [0.29, 0.717) is 25.8 Å². The Morgan fingerprint density at radius 2 is 1.67 bits per heavy atom. The van der Waals surface area contributed by atoms with Crippen LogP contribution in [-0.4, -0.2) is 58.1 Å². The van der Waals surface area contributed by atoms with Gasteiger partial charge in [0, 0.05) is 24.0 Å². The molecule has 10 heteroatoms. The molecule has 2 N–H and O–H groups in total. The van der Waals surface area contributed by atoms with E-state index in [-0.39, 0.29) is 48.9 Å². The average molecular weight is 758 g/mol. The first-order valence-corrected chi connectivity index (χ1v) is 16.9. The molecule has 3 aromatic carbocycles. The molecule has 4 aliphatic rings. The fraction of sp³-hybridized carbons (Fsp3) is 0.289. The van der Waals surface area contributed by atoms with Gasteiger partial charge in [0.1, 0.15) is 0 Å². The van der Waals surface area contributed by atoms with Gasteiger partial charge >= 0.3 is 5.97 Å². The third-order valence-electron chi connectivity index (χ3n) is 10.6. The molecular weight excluding hydrogens is 725 g/mol. The number of aromatic hydroxyl groups is 1. The zero-order chi connectivity index (χ0) is 33.9. The lowest BCUT2D eigenvalue weighted by Gasteiger charge is -2.55. The van der Waals surface area contributed by atoms with Crippen molar-refractivity contribution >= 4 is 57.5 Å². The second-order valence-corrected chi connectivity index (χ2v) is 14.0. The van der Waals surface area contributed by atoms with E-state index in [1.165, 1.54) is 13.2 Å². The molecule has 9 nitrogen and oxygen atoms in total. The number of carbonyl (C=O) groups excluding carboxylic acids is 4. The zero-order valence-corrected chi connectivity index (χ0v) is 28.1. The molecule has 1 heterocycles. The van der Waals surface area contributed by atoms with Gasteiger partial charge in [-0.1, -0.05) is 72.3 Å². The summed E-state index contributed by atoms with van der Waals surface area (Å²) in [6, 6.07) is 21.8. The van der Waals surface area contributed by atoms with Gasteiger partial charge in [0.25, 0.3) is 0 Å². The lowest BCUT2D eigenvalue weighted by molar-refractivity contribution is -0.142. The summed E-state index contributed by atoms with van der Waals surface area (Å²) in [7, 11) is 1.44. The molecule has 7 rings (SSSR count). The molecule has 244 valence electrons. The van der Waals surface area contributed by atoms with Gasteiger partial charge in [-0.2, -0.15) is 0 Å². The van der Waals surface area contributed by atoms with Crippen molar-refractivity contribution in [1.82, 2.24) is 4.90 Å². The number of fused-ring (bicyclic) bond motifs is 4. The molecule has 1 saturated carbocycles. The van der Waals surface area contributed by atoms with Crippen molar-refractivity contribution in [3.63, 3.8) is 0 Å². The number of carbonyl (C=O) groups is 5. The third kappa shape index (κ3) is 4.75. The number of nitrogens with zero attached hydrogens (tertiary/aromatic N) is 1. The van der Waals surface area contributed by atoms with E-state index in [0.717, 1.165) is 10.5 Å². The first-order chi connectivity index (χ1) is 23.1. The molecule has 6 atom stereocenters. The Bertz CT molecular complexity index is 1940. The predicted octanol–water partition coefficient (Wildman–Crippen LogP) is 5.30. The Kier molecular flexibility index (Phi) is 8.09. The van der Waals surface area contributed by atoms with Crippen LogP contribution in [0.1, 0.15) is 41.9 Å². The molecule has 0 aromatic heterocycles. The second-order valence-electron chi connectivity index (χ2n) is 12.8. The molecule has 2 fully saturated rings. The van der Waals surface area contributed by atoms with Crippen molar-refractivity contribution in [2.75, 3.05) is 13.7 Å². The van der Waals surface area contributed by atoms with Crippen LogP contribution in [0.25, 0.3) is 5.57 Å². The Labute approximate surface area is 290 Å².